The zero-order valence-electron chi connectivity index (χ0n) is 7.82. The van der Waals surface area contributed by atoms with Gasteiger partial charge in [-0.25, -0.2) is 8.78 Å². The highest BCUT2D eigenvalue weighted by molar-refractivity contribution is 6.31. The Labute approximate surface area is 89.5 Å². The molecular weight excluding hydrogens is 230 g/mol. The van der Waals surface area contributed by atoms with E-state index in [9.17, 15) is 13.6 Å². The van der Waals surface area contributed by atoms with Crippen LogP contribution in [-0.2, 0) is 11.3 Å². The summed E-state index contributed by atoms with van der Waals surface area (Å²) < 4.78 is 25.9. The van der Waals surface area contributed by atoms with Crippen LogP contribution in [-0.4, -0.2) is 20.9 Å². The second-order valence-electron chi connectivity index (χ2n) is 3.10. The Balaban J connectivity index is 2.90. The summed E-state index contributed by atoms with van der Waals surface area (Å²) in [4.78, 5) is 10.5. The van der Waals surface area contributed by atoms with E-state index in [0.717, 1.165) is 10.9 Å². The lowest BCUT2D eigenvalue weighted by atomic mass is 10.2. The van der Waals surface area contributed by atoms with Gasteiger partial charge in [-0.15, -0.1) is 0 Å². The third kappa shape index (κ3) is 2.65. The summed E-state index contributed by atoms with van der Waals surface area (Å²) in [6, 6.07) is 0. The maximum atomic E-state index is 12.5. The molecule has 0 unspecified atom stereocenters. The van der Waals surface area contributed by atoms with Crippen LogP contribution in [0.25, 0.3) is 0 Å². The minimum absolute atomic E-state index is 0.123. The molecule has 1 N–H and O–H groups in total. The molecule has 0 aliphatic heterocycles. The van der Waals surface area contributed by atoms with Gasteiger partial charge in [0.05, 0.1) is 23.7 Å². The zero-order chi connectivity index (χ0) is 11.6. The predicted octanol–water partition coefficient (Wildman–Crippen LogP) is 2.19. The van der Waals surface area contributed by atoms with Crippen LogP contribution in [0, 0.1) is 5.92 Å². The van der Waals surface area contributed by atoms with Crippen LogP contribution < -0.4 is 0 Å². The Morgan fingerprint density at radius 2 is 2.33 bits per heavy atom. The number of carbonyl (C=O) groups is 1. The second-order valence-corrected chi connectivity index (χ2v) is 3.51. The molecule has 0 amide bonds. The van der Waals surface area contributed by atoms with Crippen LogP contribution in [0.5, 0.6) is 0 Å². The Morgan fingerprint density at radius 3 is 2.80 bits per heavy atom. The molecule has 0 aromatic carbocycles. The van der Waals surface area contributed by atoms with Crippen molar-refractivity contribution < 1.29 is 18.7 Å². The summed E-state index contributed by atoms with van der Waals surface area (Å²) in [5.74, 6) is -1.86. The molecule has 0 saturated carbocycles. The molecule has 1 heterocycles. The lowest BCUT2D eigenvalue weighted by Crippen LogP contribution is -2.19. The van der Waals surface area contributed by atoms with Crippen molar-refractivity contribution in [3.8, 4) is 0 Å². The topological polar surface area (TPSA) is 55.1 Å². The average Bonchev–Trinajstić information content (AvgIpc) is 2.46. The highest BCUT2D eigenvalue weighted by atomic mass is 35.5. The minimum Gasteiger partial charge on any atom is -0.481 e. The van der Waals surface area contributed by atoms with Crippen LogP contribution in [0.4, 0.5) is 8.78 Å². The molecule has 7 heteroatoms. The van der Waals surface area contributed by atoms with Gasteiger partial charge in [-0.05, 0) is 0 Å². The predicted molar refractivity (Wildman–Crippen MR) is 49.0 cm³/mol. The number of aliphatic carboxylic acids is 1. The summed E-state index contributed by atoms with van der Waals surface area (Å²) in [6.45, 7) is 1.29. The number of alkyl halides is 2. The summed E-state index contributed by atoms with van der Waals surface area (Å²) in [5, 5.41) is 12.1. The number of carboxylic acids is 1. The van der Waals surface area contributed by atoms with Gasteiger partial charge in [-0.1, -0.05) is 18.5 Å². The third-order valence-electron chi connectivity index (χ3n) is 1.91. The van der Waals surface area contributed by atoms with Crippen molar-refractivity contribution >= 4 is 17.6 Å². The van der Waals surface area contributed by atoms with Crippen molar-refractivity contribution in [2.24, 2.45) is 5.92 Å². The number of aromatic nitrogens is 2. The molecule has 0 spiro atoms. The standard InChI is InChI=1S/C8H9ClF2N2O2/c1-4(8(14)15)3-13-6(7(10)11)5(9)2-12-13/h2,4,7H,3H2,1H3,(H,14,15)/t4-/m0/s1. The van der Waals surface area contributed by atoms with E-state index in [2.05, 4.69) is 5.10 Å². The van der Waals surface area contributed by atoms with Gasteiger partial charge in [-0.3, -0.25) is 9.48 Å². The molecule has 84 valence electrons. The SMILES string of the molecule is C[C@@H](Cn1ncc(Cl)c1C(F)F)C(=O)O. The van der Waals surface area contributed by atoms with Gasteiger partial charge in [0.25, 0.3) is 6.43 Å². The van der Waals surface area contributed by atoms with Crippen molar-refractivity contribution in [3.05, 3.63) is 16.9 Å². The van der Waals surface area contributed by atoms with Gasteiger partial charge in [-0.2, -0.15) is 5.10 Å². The van der Waals surface area contributed by atoms with E-state index < -0.39 is 24.0 Å². The fourth-order valence-corrected chi connectivity index (χ4v) is 1.30. The highest BCUT2D eigenvalue weighted by Crippen LogP contribution is 2.26. The largest absolute Gasteiger partial charge is 0.481 e. The van der Waals surface area contributed by atoms with E-state index >= 15 is 0 Å². The molecular formula is C8H9ClF2N2O2. The molecule has 1 aromatic heterocycles. The first-order valence-electron chi connectivity index (χ1n) is 4.15. The molecule has 0 aliphatic rings. The molecule has 4 nitrogen and oxygen atoms in total. The van der Waals surface area contributed by atoms with Gasteiger partial charge in [0, 0.05) is 0 Å². The summed E-state index contributed by atoms with van der Waals surface area (Å²) >= 11 is 5.49. The van der Waals surface area contributed by atoms with Crippen molar-refractivity contribution in [2.75, 3.05) is 0 Å². The number of rotatable bonds is 4. The maximum absolute atomic E-state index is 12.5. The van der Waals surface area contributed by atoms with E-state index in [1.807, 2.05) is 0 Å². The van der Waals surface area contributed by atoms with E-state index in [0.29, 0.717) is 0 Å². The normalized spacial score (nSPS) is 13.1. The molecule has 15 heavy (non-hydrogen) atoms. The fraction of sp³-hybridized carbons (Fsp3) is 0.500. The molecule has 0 aliphatic carbocycles. The quantitative estimate of drug-likeness (QED) is 0.875. The first kappa shape index (κ1) is 11.9. The Kier molecular flexibility index (Phi) is 3.62. The smallest absolute Gasteiger partial charge is 0.308 e. The Hall–Kier alpha value is -1.17. The monoisotopic (exact) mass is 238 g/mol. The molecule has 1 aromatic rings. The first-order chi connectivity index (χ1) is 6.93. The molecule has 0 saturated heterocycles. The molecule has 0 radical (unpaired) electrons. The third-order valence-corrected chi connectivity index (χ3v) is 2.20. The lowest BCUT2D eigenvalue weighted by molar-refractivity contribution is -0.141. The lowest BCUT2D eigenvalue weighted by Gasteiger charge is -2.09. The van der Waals surface area contributed by atoms with Crippen molar-refractivity contribution in [3.63, 3.8) is 0 Å². The summed E-state index contributed by atoms with van der Waals surface area (Å²) in [6.07, 6.45) is -1.68. The van der Waals surface area contributed by atoms with Crippen LogP contribution in [0.2, 0.25) is 5.02 Å². The molecule has 0 bridgehead atoms. The molecule has 0 fully saturated rings. The van der Waals surface area contributed by atoms with Crippen molar-refractivity contribution in [1.29, 1.82) is 0 Å². The van der Waals surface area contributed by atoms with Crippen molar-refractivity contribution in [2.45, 2.75) is 19.9 Å². The average molecular weight is 239 g/mol. The van der Waals surface area contributed by atoms with Gasteiger partial charge < -0.3 is 5.11 Å². The Bertz CT molecular complexity index is 368. The second kappa shape index (κ2) is 4.57. The number of carboxylic acid groups (broad SMARTS) is 1. The van der Waals surface area contributed by atoms with Gasteiger partial charge in [0.15, 0.2) is 0 Å². The van der Waals surface area contributed by atoms with Gasteiger partial charge >= 0.3 is 5.97 Å². The van der Waals surface area contributed by atoms with Crippen LogP contribution in [0.3, 0.4) is 0 Å². The van der Waals surface area contributed by atoms with Crippen LogP contribution >= 0.6 is 11.6 Å². The number of nitrogens with zero attached hydrogens (tertiary/aromatic N) is 2. The van der Waals surface area contributed by atoms with Gasteiger partial charge in [0.1, 0.15) is 5.69 Å². The van der Waals surface area contributed by atoms with Crippen molar-refractivity contribution in [1.82, 2.24) is 9.78 Å². The first-order valence-corrected chi connectivity index (χ1v) is 4.53. The van der Waals surface area contributed by atoms with E-state index in [1.54, 1.807) is 0 Å². The maximum Gasteiger partial charge on any atom is 0.308 e. The van der Waals surface area contributed by atoms with E-state index in [-0.39, 0.29) is 11.6 Å². The number of halogens is 3. The number of hydrogen-bond donors (Lipinski definition) is 1. The van der Waals surface area contributed by atoms with Crippen LogP contribution in [0.1, 0.15) is 19.0 Å². The number of hydrogen-bond acceptors (Lipinski definition) is 2. The van der Waals surface area contributed by atoms with Gasteiger partial charge in [0.2, 0.25) is 0 Å². The highest BCUT2D eigenvalue weighted by Gasteiger charge is 2.21. The van der Waals surface area contributed by atoms with E-state index in [4.69, 9.17) is 16.7 Å². The van der Waals surface area contributed by atoms with E-state index in [1.165, 1.54) is 6.92 Å². The molecule has 1 atom stereocenters. The molecule has 1 rings (SSSR count). The minimum atomic E-state index is -2.76. The fourth-order valence-electron chi connectivity index (χ4n) is 1.07. The van der Waals surface area contributed by atoms with Crippen LogP contribution in [0.15, 0.2) is 6.20 Å². The summed E-state index contributed by atoms with van der Waals surface area (Å²) in [7, 11) is 0. The summed E-state index contributed by atoms with van der Waals surface area (Å²) in [5.41, 5.74) is -0.440. The Morgan fingerprint density at radius 1 is 1.73 bits per heavy atom. The zero-order valence-corrected chi connectivity index (χ0v) is 8.58.